The van der Waals surface area contributed by atoms with Crippen LogP contribution < -0.4 is 5.32 Å². The second kappa shape index (κ2) is 4.33. The molecule has 16 heavy (non-hydrogen) atoms. The lowest BCUT2D eigenvalue weighted by Crippen LogP contribution is -2.42. The molecule has 84 valence electrons. The third-order valence-corrected chi connectivity index (χ3v) is 2.55. The van der Waals surface area contributed by atoms with Crippen molar-refractivity contribution in [3.8, 4) is 12.3 Å². The summed E-state index contributed by atoms with van der Waals surface area (Å²) in [7, 11) is 0. The minimum atomic E-state index is -1.16. The van der Waals surface area contributed by atoms with Crippen LogP contribution >= 0.6 is 11.3 Å². The molecule has 5 nitrogen and oxygen atoms in total. The second-order valence-corrected chi connectivity index (χ2v) is 4.42. The van der Waals surface area contributed by atoms with Crippen LogP contribution in [0.3, 0.4) is 0 Å². The molecule has 0 aliphatic heterocycles. The summed E-state index contributed by atoms with van der Waals surface area (Å²) >= 11 is 0.965. The quantitative estimate of drug-likeness (QED) is 0.769. The number of carbonyl (C=O) groups is 2. The van der Waals surface area contributed by atoms with Gasteiger partial charge in [-0.2, -0.15) is 0 Å². The first-order chi connectivity index (χ1) is 7.35. The average molecular weight is 238 g/mol. The lowest BCUT2D eigenvalue weighted by molar-refractivity contribution is 0.0691. The number of nitrogens with zero attached hydrogens (tertiary/aromatic N) is 1. The van der Waals surface area contributed by atoms with Crippen molar-refractivity contribution in [2.24, 2.45) is 0 Å². The Morgan fingerprint density at radius 3 is 2.69 bits per heavy atom. The fraction of sp³-hybridized carbons (Fsp3) is 0.300. The Hall–Kier alpha value is -1.87. The summed E-state index contributed by atoms with van der Waals surface area (Å²) in [5.74, 6) is 0.768. The smallest absolute Gasteiger partial charge is 0.355 e. The van der Waals surface area contributed by atoms with Crippen molar-refractivity contribution >= 4 is 23.2 Å². The Kier molecular flexibility index (Phi) is 3.30. The zero-order valence-electron chi connectivity index (χ0n) is 8.77. The molecule has 1 aromatic heterocycles. The Balaban J connectivity index is 2.82. The molecule has 0 aliphatic carbocycles. The zero-order chi connectivity index (χ0) is 12.3. The topological polar surface area (TPSA) is 79.3 Å². The predicted molar refractivity (Wildman–Crippen MR) is 59.5 cm³/mol. The van der Waals surface area contributed by atoms with Crippen molar-refractivity contribution in [2.45, 2.75) is 19.4 Å². The molecule has 1 rings (SSSR count). The summed E-state index contributed by atoms with van der Waals surface area (Å²) in [6.45, 7) is 3.33. The largest absolute Gasteiger partial charge is 0.476 e. The number of hydrogen-bond donors (Lipinski definition) is 2. The molecule has 0 aliphatic rings. The SMILES string of the molecule is C#CC(C)(C)NC(=O)c1nc(C(=O)O)cs1. The number of aromatic nitrogens is 1. The lowest BCUT2D eigenvalue weighted by Gasteiger charge is -2.18. The average Bonchev–Trinajstić information content (AvgIpc) is 2.66. The third kappa shape index (κ3) is 2.81. The van der Waals surface area contributed by atoms with Gasteiger partial charge in [-0.3, -0.25) is 4.79 Å². The van der Waals surface area contributed by atoms with Gasteiger partial charge in [-0.1, -0.05) is 5.92 Å². The molecule has 0 aromatic carbocycles. The van der Waals surface area contributed by atoms with E-state index in [9.17, 15) is 9.59 Å². The van der Waals surface area contributed by atoms with Crippen LogP contribution in [-0.2, 0) is 0 Å². The molecule has 0 fully saturated rings. The number of thiazole rings is 1. The van der Waals surface area contributed by atoms with Crippen LogP contribution in [0.15, 0.2) is 5.38 Å². The summed E-state index contributed by atoms with van der Waals surface area (Å²) in [4.78, 5) is 25.8. The Morgan fingerprint density at radius 2 is 2.25 bits per heavy atom. The maximum atomic E-state index is 11.6. The van der Waals surface area contributed by atoms with Gasteiger partial charge in [0.25, 0.3) is 5.91 Å². The van der Waals surface area contributed by atoms with E-state index in [2.05, 4.69) is 16.2 Å². The summed E-state index contributed by atoms with van der Waals surface area (Å²) in [6.07, 6.45) is 5.21. The molecular weight excluding hydrogens is 228 g/mol. The molecule has 0 saturated carbocycles. The number of carbonyl (C=O) groups excluding carboxylic acids is 1. The van der Waals surface area contributed by atoms with Crippen LogP contribution in [0.4, 0.5) is 0 Å². The molecule has 0 unspecified atom stereocenters. The first-order valence-corrected chi connectivity index (χ1v) is 5.23. The van der Waals surface area contributed by atoms with Crippen LogP contribution in [0.25, 0.3) is 0 Å². The van der Waals surface area contributed by atoms with Gasteiger partial charge < -0.3 is 10.4 Å². The van der Waals surface area contributed by atoms with Crippen molar-refractivity contribution in [3.63, 3.8) is 0 Å². The summed E-state index contributed by atoms with van der Waals surface area (Å²) < 4.78 is 0. The van der Waals surface area contributed by atoms with Crippen LogP contribution in [0, 0.1) is 12.3 Å². The number of rotatable bonds is 3. The van der Waals surface area contributed by atoms with Gasteiger partial charge in [-0.25, -0.2) is 9.78 Å². The molecule has 0 saturated heterocycles. The lowest BCUT2D eigenvalue weighted by atomic mass is 10.1. The van der Waals surface area contributed by atoms with Crippen molar-refractivity contribution < 1.29 is 14.7 Å². The van der Waals surface area contributed by atoms with Gasteiger partial charge in [-0.15, -0.1) is 17.8 Å². The Labute approximate surface area is 96.5 Å². The molecule has 1 amide bonds. The van der Waals surface area contributed by atoms with Gasteiger partial charge in [-0.05, 0) is 13.8 Å². The van der Waals surface area contributed by atoms with E-state index in [1.165, 1.54) is 5.38 Å². The maximum Gasteiger partial charge on any atom is 0.355 e. The van der Waals surface area contributed by atoms with Crippen molar-refractivity contribution in [1.82, 2.24) is 10.3 Å². The van der Waals surface area contributed by atoms with Crippen molar-refractivity contribution in [2.75, 3.05) is 0 Å². The zero-order valence-corrected chi connectivity index (χ0v) is 9.59. The minimum Gasteiger partial charge on any atom is -0.476 e. The van der Waals surface area contributed by atoms with E-state index in [1.807, 2.05) is 0 Å². The standard InChI is InChI=1S/C10H10N2O3S/c1-4-10(2,3)12-7(13)8-11-6(5-16-8)9(14)15/h1,5H,2-3H3,(H,12,13)(H,14,15). The van der Waals surface area contributed by atoms with E-state index in [-0.39, 0.29) is 10.7 Å². The third-order valence-electron chi connectivity index (χ3n) is 1.70. The van der Waals surface area contributed by atoms with Gasteiger partial charge in [0.15, 0.2) is 10.7 Å². The molecule has 1 aromatic rings. The summed E-state index contributed by atoms with van der Waals surface area (Å²) in [5.41, 5.74) is -0.930. The fourth-order valence-corrected chi connectivity index (χ4v) is 1.54. The first kappa shape index (κ1) is 12.2. The molecule has 0 atom stereocenters. The van der Waals surface area contributed by atoms with Crippen LogP contribution in [0.5, 0.6) is 0 Å². The number of aromatic carboxylic acids is 1. The molecule has 0 bridgehead atoms. The van der Waals surface area contributed by atoms with Crippen molar-refractivity contribution in [3.05, 3.63) is 16.1 Å². The summed E-state index contributed by atoms with van der Waals surface area (Å²) in [6, 6.07) is 0. The van der Waals surface area contributed by atoms with E-state index in [0.717, 1.165) is 11.3 Å². The van der Waals surface area contributed by atoms with E-state index in [1.54, 1.807) is 13.8 Å². The molecule has 1 heterocycles. The van der Waals surface area contributed by atoms with Gasteiger partial charge >= 0.3 is 5.97 Å². The van der Waals surface area contributed by atoms with E-state index >= 15 is 0 Å². The minimum absolute atomic E-state index is 0.0840. The number of terminal acetylenes is 1. The molecule has 2 N–H and O–H groups in total. The van der Waals surface area contributed by atoms with Gasteiger partial charge in [0, 0.05) is 5.38 Å². The number of carboxylic acids is 1. The highest BCUT2D eigenvalue weighted by Crippen LogP contribution is 2.11. The highest BCUT2D eigenvalue weighted by Gasteiger charge is 2.21. The van der Waals surface area contributed by atoms with E-state index < -0.39 is 17.4 Å². The van der Waals surface area contributed by atoms with Gasteiger partial charge in [0.05, 0.1) is 5.54 Å². The van der Waals surface area contributed by atoms with E-state index in [4.69, 9.17) is 11.5 Å². The van der Waals surface area contributed by atoms with Crippen LogP contribution in [-0.4, -0.2) is 27.5 Å². The van der Waals surface area contributed by atoms with Gasteiger partial charge in [0.1, 0.15) is 0 Å². The maximum absolute atomic E-state index is 11.6. The highest BCUT2D eigenvalue weighted by atomic mass is 32.1. The van der Waals surface area contributed by atoms with Crippen molar-refractivity contribution in [1.29, 1.82) is 0 Å². The van der Waals surface area contributed by atoms with Gasteiger partial charge in [0.2, 0.25) is 0 Å². The molecule has 0 spiro atoms. The highest BCUT2D eigenvalue weighted by molar-refractivity contribution is 7.11. The molecule has 6 heteroatoms. The Bertz CT molecular complexity index is 471. The van der Waals surface area contributed by atoms with E-state index in [0.29, 0.717) is 0 Å². The number of nitrogens with one attached hydrogen (secondary N) is 1. The first-order valence-electron chi connectivity index (χ1n) is 4.35. The summed E-state index contributed by atoms with van der Waals surface area (Å²) in [5, 5.41) is 12.6. The Morgan fingerprint density at radius 1 is 1.62 bits per heavy atom. The molecular formula is C10H10N2O3S. The second-order valence-electron chi connectivity index (χ2n) is 3.57. The molecule has 0 radical (unpaired) electrons. The fourth-order valence-electron chi connectivity index (χ4n) is 0.850. The number of carboxylic acid groups (broad SMARTS) is 1. The predicted octanol–water partition coefficient (Wildman–Crippen LogP) is 0.983. The number of amides is 1. The monoisotopic (exact) mass is 238 g/mol. The van der Waals surface area contributed by atoms with Crippen LogP contribution in [0.2, 0.25) is 0 Å². The van der Waals surface area contributed by atoms with Crippen LogP contribution in [0.1, 0.15) is 34.1 Å². The normalized spacial score (nSPS) is 10.6. The number of hydrogen-bond acceptors (Lipinski definition) is 4.